The molecule has 1 atom stereocenters. The van der Waals surface area contributed by atoms with Crippen LogP contribution in [0, 0.1) is 0 Å². The summed E-state index contributed by atoms with van der Waals surface area (Å²) in [5.74, 6) is 5.58. The monoisotopic (exact) mass is 282 g/mol. The Labute approximate surface area is 115 Å². The molecular formula is C12H12Cl2N4. The van der Waals surface area contributed by atoms with Crippen LogP contribution >= 0.6 is 23.2 Å². The third kappa shape index (κ3) is 3.17. The topological polar surface area (TPSA) is 63.8 Å². The van der Waals surface area contributed by atoms with Gasteiger partial charge in [0.25, 0.3) is 0 Å². The molecule has 0 saturated carbocycles. The number of hydrogen-bond acceptors (Lipinski definition) is 4. The van der Waals surface area contributed by atoms with E-state index in [0.29, 0.717) is 16.6 Å². The van der Waals surface area contributed by atoms with Gasteiger partial charge in [-0.15, -0.1) is 0 Å². The molecule has 0 radical (unpaired) electrons. The fourth-order valence-electron chi connectivity index (χ4n) is 1.70. The Morgan fingerprint density at radius 3 is 2.78 bits per heavy atom. The van der Waals surface area contributed by atoms with Crippen LogP contribution in [0.3, 0.4) is 0 Å². The molecule has 1 unspecified atom stereocenters. The molecule has 0 fully saturated rings. The van der Waals surface area contributed by atoms with E-state index in [9.17, 15) is 0 Å². The van der Waals surface area contributed by atoms with E-state index in [4.69, 9.17) is 29.0 Å². The van der Waals surface area contributed by atoms with Crippen molar-refractivity contribution in [3.63, 3.8) is 0 Å². The number of halogens is 2. The van der Waals surface area contributed by atoms with Crippen LogP contribution in [0.1, 0.15) is 17.2 Å². The van der Waals surface area contributed by atoms with Crippen molar-refractivity contribution in [2.45, 2.75) is 12.5 Å². The summed E-state index contributed by atoms with van der Waals surface area (Å²) in [4.78, 5) is 7.89. The molecule has 94 valence electrons. The van der Waals surface area contributed by atoms with Crippen molar-refractivity contribution in [1.29, 1.82) is 0 Å². The van der Waals surface area contributed by atoms with Crippen molar-refractivity contribution in [1.82, 2.24) is 15.4 Å². The van der Waals surface area contributed by atoms with E-state index in [1.54, 1.807) is 24.7 Å². The number of nitrogens with one attached hydrogen (secondary N) is 1. The summed E-state index contributed by atoms with van der Waals surface area (Å²) in [6.45, 7) is 0. The Kier molecular flexibility index (Phi) is 4.49. The number of hydrogen-bond donors (Lipinski definition) is 2. The maximum Gasteiger partial charge on any atom is 0.129 e. The van der Waals surface area contributed by atoms with Crippen molar-refractivity contribution in [3.05, 3.63) is 58.1 Å². The SMILES string of the molecule is NNC(Cc1ccncc1Cl)c1ccnc(Cl)c1. The number of rotatable bonds is 4. The second kappa shape index (κ2) is 6.11. The average Bonchev–Trinajstić information content (AvgIpc) is 2.38. The third-order valence-corrected chi connectivity index (χ3v) is 3.18. The lowest BCUT2D eigenvalue weighted by Crippen LogP contribution is -2.29. The predicted molar refractivity (Wildman–Crippen MR) is 72.3 cm³/mol. The van der Waals surface area contributed by atoms with E-state index >= 15 is 0 Å². The summed E-state index contributed by atoms with van der Waals surface area (Å²) in [6, 6.07) is 5.44. The molecule has 2 heterocycles. The zero-order valence-electron chi connectivity index (χ0n) is 9.48. The summed E-state index contributed by atoms with van der Waals surface area (Å²) in [5.41, 5.74) is 4.69. The number of nitrogens with two attached hydrogens (primary N) is 1. The molecule has 0 aliphatic carbocycles. The molecule has 0 bridgehead atoms. The second-order valence-corrected chi connectivity index (χ2v) is 4.60. The first-order valence-electron chi connectivity index (χ1n) is 5.36. The lowest BCUT2D eigenvalue weighted by molar-refractivity contribution is 0.551. The number of hydrazine groups is 1. The van der Waals surface area contributed by atoms with Crippen LogP contribution in [0.25, 0.3) is 0 Å². The minimum Gasteiger partial charge on any atom is -0.271 e. The largest absolute Gasteiger partial charge is 0.271 e. The van der Waals surface area contributed by atoms with Gasteiger partial charge >= 0.3 is 0 Å². The van der Waals surface area contributed by atoms with E-state index in [0.717, 1.165) is 11.1 Å². The van der Waals surface area contributed by atoms with Gasteiger partial charge in [0.05, 0.1) is 11.1 Å². The smallest absolute Gasteiger partial charge is 0.129 e. The first kappa shape index (κ1) is 13.2. The Hall–Kier alpha value is -1.20. The highest BCUT2D eigenvalue weighted by Crippen LogP contribution is 2.23. The molecular weight excluding hydrogens is 271 g/mol. The Bertz CT molecular complexity index is 533. The van der Waals surface area contributed by atoms with E-state index in [2.05, 4.69) is 15.4 Å². The first-order valence-corrected chi connectivity index (χ1v) is 6.12. The van der Waals surface area contributed by atoms with Crippen molar-refractivity contribution in [2.24, 2.45) is 5.84 Å². The standard InChI is InChI=1S/C12H12Cl2N4/c13-10-7-16-3-1-8(10)5-11(18-15)9-2-4-17-12(14)6-9/h1-4,6-7,11,18H,5,15H2. The Morgan fingerprint density at radius 2 is 2.11 bits per heavy atom. The first-order chi connectivity index (χ1) is 8.70. The summed E-state index contributed by atoms with van der Waals surface area (Å²) in [7, 11) is 0. The molecule has 0 aromatic carbocycles. The van der Waals surface area contributed by atoms with Gasteiger partial charge in [-0.2, -0.15) is 0 Å². The quantitative estimate of drug-likeness (QED) is 0.514. The zero-order valence-corrected chi connectivity index (χ0v) is 11.0. The Balaban J connectivity index is 2.23. The van der Waals surface area contributed by atoms with Gasteiger partial charge < -0.3 is 0 Å². The summed E-state index contributed by atoms with van der Waals surface area (Å²) < 4.78 is 0. The molecule has 4 nitrogen and oxygen atoms in total. The van der Waals surface area contributed by atoms with E-state index in [1.165, 1.54) is 0 Å². The van der Waals surface area contributed by atoms with Crippen LogP contribution in [-0.4, -0.2) is 9.97 Å². The fourth-order valence-corrected chi connectivity index (χ4v) is 2.08. The van der Waals surface area contributed by atoms with Gasteiger partial charge in [0.15, 0.2) is 0 Å². The van der Waals surface area contributed by atoms with Crippen molar-refractivity contribution in [2.75, 3.05) is 0 Å². The minimum atomic E-state index is -0.0783. The molecule has 0 aliphatic heterocycles. The summed E-state index contributed by atoms with van der Waals surface area (Å²) >= 11 is 11.9. The maximum atomic E-state index is 6.07. The predicted octanol–water partition coefficient (Wildman–Crippen LogP) is 2.53. The highest BCUT2D eigenvalue weighted by atomic mass is 35.5. The van der Waals surface area contributed by atoms with Gasteiger partial charge in [0.1, 0.15) is 5.15 Å². The van der Waals surface area contributed by atoms with Crippen molar-refractivity contribution in [3.8, 4) is 0 Å². The van der Waals surface area contributed by atoms with Gasteiger partial charge in [-0.3, -0.25) is 16.3 Å². The lowest BCUT2D eigenvalue weighted by Gasteiger charge is -2.17. The zero-order chi connectivity index (χ0) is 13.0. The molecule has 18 heavy (non-hydrogen) atoms. The van der Waals surface area contributed by atoms with Gasteiger partial charge in [-0.05, 0) is 35.7 Å². The van der Waals surface area contributed by atoms with Crippen LogP contribution in [0.2, 0.25) is 10.2 Å². The molecule has 0 aliphatic rings. The number of aromatic nitrogens is 2. The van der Waals surface area contributed by atoms with Crippen molar-refractivity contribution < 1.29 is 0 Å². The molecule has 3 N–H and O–H groups in total. The van der Waals surface area contributed by atoms with E-state index in [-0.39, 0.29) is 6.04 Å². The van der Waals surface area contributed by atoms with Crippen LogP contribution in [0.15, 0.2) is 36.8 Å². The molecule has 2 rings (SSSR count). The highest BCUT2D eigenvalue weighted by molar-refractivity contribution is 6.31. The molecule has 0 saturated heterocycles. The molecule has 2 aromatic heterocycles. The Morgan fingerprint density at radius 1 is 1.28 bits per heavy atom. The summed E-state index contributed by atoms with van der Waals surface area (Å²) in [5, 5.41) is 1.06. The second-order valence-electron chi connectivity index (χ2n) is 3.80. The number of nitrogens with zero attached hydrogens (tertiary/aromatic N) is 2. The van der Waals surface area contributed by atoms with Gasteiger partial charge in [-0.1, -0.05) is 23.2 Å². The van der Waals surface area contributed by atoms with Gasteiger partial charge in [-0.25, -0.2) is 4.98 Å². The molecule has 0 amide bonds. The van der Waals surface area contributed by atoms with E-state index in [1.807, 2.05) is 12.1 Å². The van der Waals surface area contributed by atoms with E-state index < -0.39 is 0 Å². The van der Waals surface area contributed by atoms with Crippen LogP contribution < -0.4 is 11.3 Å². The molecule has 2 aromatic rings. The summed E-state index contributed by atoms with van der Waals surface area (Å²) in [6.07, 6.45) is 5.62. The van der Waals surface area contributed by atoms with Gasteiger partial charge in [0.2, 0.25) is 0 Å². The molecule has 6 heteroatoms. The van der Waals surface area contributed by atoms with Gasteiger partial charge in [0, 0.05) is 18.6 Å². The number of pyridine rings is 2. The van der Waals surface area contributed by atoms with Crippen LogP contribution in [0.4, 0.5) is 0 Å². The lowest BCUT2D eigenvalue weighted by atomic mass is 10.0. The van der Waals surface area contributed by atoms with Crippen LogP contribution in [0.5, 0.6) is 0 Å². The van der Waals surface area contributed by atoms with Crippen molar-refractivity contribution >= 4 is 23.2 Å². The molecule has 0 spiro atoms. The maximum absolute atomic E-state index is 6.07. The highest BCUT2D eigenvalue weighted by Gasteiger charge is 2.13. The third-order valence-electron chi connectivity index (χ3n) is 2.63. The normalized spacial score (nSPS) is 12.4. The fraction of sp³-hybridized carbons (Fsp3) is 0.167. The average molecular weight is 283 g/mol. The minimum absolute atomic E-state index is 0.0783. The van der Waals surface area contributed by atoms with Crippen LogP contribution in [-0.2, 0) is 6.42 Å².